The second kappa shape index (κ2) is 6.84. The van der Waals surface area contributed by atoms with E-state index in [9.17, 15) is 5.21 Å². The van der Waals surface area contributed by atoms with Gasteiger partial charge in [0.25, 0.3) is 0 Å². The molecule has 0 saturated heterocycles. The van der Waals surface area contributed by atoms with Gasteiger partial charge in [0.1, 0.15) is 0 Å². The Balaban J connectivity index is 1.74. The summed E-state index contributed by atoms with van der Waals surface area (Å²) in [6.07, 6.45) is 0. The fourth-order valence-corrected chi connectivity index (χ4v) is 4.06. The van der Waals surface area contributed by atoms with Crippen molar-refractivity contribution in [2.45, 2.75) is 10.6 Å². The van der Waals surface area contributed by atoms with Crippen LogP contribution in [0.2, 0.25) is 0 Å². The van der Waals surface area contributed by atoms with Crippen LogP contribution in [0.3, 0.4) is 0 Å². The fraction of sp³-hybridized carbons (Fsp3) is 0.0500. The second-order valence-electron chi connectivity index (χ2n) is 5.96. The van der Waals surface area contributed by atoms with Gasteiger partial charge in [0.2, 0.25) is 0 Å². The van der Waals surface area contributed by atoms with Crippen LogP contribution in [0.1, 0.15) is 5.56 Å². The molecule has 0 spiro atoms. The van der Waals surface area contributed by atoms with Crippen molar-refractivity contribution in [3.8, 4) is 0 Å². The molecule has 0 aliphatic heterocycles. The number of fused-ring (bicyclic) bond motifs is 2. The van der Waals surface area contributed by atoms with Gasteiger partial charge in [-0.2, -0.15) is 0 Å². The van der Waals surface area contributed by atoms with Crippen molar-refractivity contribution in [2.24, 2.45) is 0 Å². The number of nitrogens with two attached hydrogens (primary N) is 1. The number of hydrogen-bond donors (Lipinski definition) is 2. The van der Waals surface area contributed by atoms with E-state index in [0.717, 1.165) is 38.0 Å². The topological polar surface area (TPSA) is 85.4 Å². The second-order valence-corrected chi connectivity index (χ2v) is 6.95. The number of nitrogens with zero attached hydrogens (tertiary/aromatic N) is 2. The van der Waals surface area contributed by atoms with Crippen molar-refractivity contribution in [3.05, 3.63) is 77.5 Å². The SMILES string of the molecule is Nc1ccc2c(SCc3ccc(N([O-])O)cc3)c3ccccc3nc2c1. The number of para-hydroxylation sites is 1. The molecule has 0 radical (unpaired) electrons. The van der Waals surface area contributed by atoms with Crippen LogP contribution in [0.25, 0.3) is 21.8 Å². The summed E-state index contributed by atoms with van der Waals surface area (Å²) in [7, 11) is 0. The fourth-order valence-electron chi connectivity index (χ4n) is 2.90. The highest BCUT2D eigenvalue weighted by atomic mass is 32.2. The highest BCUT2D eigenvalue weighted by Gasteiger charge is 2.10. The molecule has 1 heterocycles. The highest BCUT2D eigenvalue weighted by Crippen LogP contribution is 2.36. The molecular weight excluding hydrogens is 346 g/mol. The molecule has 0 bridgehead atoms. The minimum atomic E-state index is -0.134. The maximum Gasteiger partial charge on any atom is 0.0741 e. The van der Waals surface area contributed by atoms with E-state index in [1.807, 2.05) is 48.5 Å². The lowest BCUT2D eigenvalue weighted by atomic mass is 10.1. The van der Waals surface area contributed by atoms with E-state index in [0.29, 0.717) is 5.69 Å². The summed E-state index contributed by atoms with van der Waals surface area (Å²) in [5, 5.41) is 21.9. The van der Waals surface area contributed by atoms with Gasteiger partial charge in [-0.3, -0.25) is 5.21 Å². The molecule has 0 unspecified atom stereocenters. The standard InChI is InChI=1S/C20H16N3O2S/c21-14-7-10-17-19(11-14)22-18-4-2-1-3-16(18)20(17)26-12-13-5-8-15(9-6-13)23(24)25/h1-11,24H,12,21H2/q-1. The Hall–Kier alpha value is -2.80. The Morgan fingerprint density at radius 3 is 2.46 bits per heavy atom. The first-order chi connectivity index (χ1) is 12.6. The number of nitrogen functional groups attached to an aromatic ring is 1. The van der Waals surface area contributed by atoms with Gasteiger partial charge in [-0.05, 0) is 42.0 Å². The van der Waals surface area contributed by atoms with Crippen LogP contribution in [-0.4, -0.2) is 10.2 Å². The Morgan fingerprint density at radius 2 is 1.69 bits per heavy atom. The Kier molecular flexibility index (Phi) is 4.38. The first kappa shape index (κ1) is 16.7. The number of hydrogen-bond acceptors (Lipinski definition) is 6. The quantitative estimate of drug-likeness (QED) is 0.231. The number of thioether (sulfide) groups is 1. The largest absolute Gasteiger partial charge is 0.733 e. The van der Waals surface area contributed by atoms with E-state index < -0.39 is 0 Å². The monoisotopic (exact) mass is 362 g/mol. The molecule has 1 aromatic heterocycles. The highest BCUT2D eigenvalue weighted by molar-refractivity contribution is 7.99. The summed E-state index contributed by atoms with van der Waals surface area (Å²) in [4.78, 5) is 5.88. The molecule has 130 valence electrons. The zero-order chi connectivity index (χ0) is 18.1. The van der Waals surface area contributed by atoms with Crippen LogP contribution in [-0.2, 0) is 5.75 Å². The van der Waals surface area contributed by atoms with Gasteiger partial charge in [0.15, 0.2) is 0 Å². The Morgan fingerprint density at radius 1 is 0.962 bits per heavy atom. The number of rotatable bonds is 4. The zero-order valence-electron chi connectivity index (χ0n) is 13.8. The lowest BCUT2D eigenvalue weighted by Gasteiger charge is -2.21. The molecular formula is C20H16N3O2S-. The third-order valence-corrected chi connectivity index (χ3v) is 5.40. The predicted molar refractivity (Wildman–Crippen MR) is 107 cm³/mol. The van der Waals surface area contributed by atoms with Gasteiger partial charge in [0.05, 0.1) is 16.7 Å². The lowest BCUT2D eigenvalue weighted by Crippen LogP contribution is -2.06. The van der Waals surface area contributed by atoms with Gasteiger partial charge in [-0.25, -0.2) is 4.98 Å². The molecule has 0 fully saturated rings. The minimum absolute atomic E-state index is 0.134. The van der Waals surface area contributed by atoms with E-state index in [1.54, 1.807) is 23.9 Å². The first-order valence-electron chi connectivity index (χ1n) is 8.08. The van der Waals surface area contributed by atoms with Crippen molar-refractivity contribution < 1.29 is 5.21 Å². The van der Waals surface area contributed by atoms with E-state index >= 15 is 0 Å². The third kappa shape index (κ3) is 3.17. The summed E-state index contributed by atoms with van der Waals surface area (Å²) < 4.78 is 0. The summed E-state index contributed by atoms with van der Waals surface area (Å²) in [5.74, 6) is 0.734. The molecule has 6 heteroatoms. The molecule has 0 aliphatic carbocycles. The van der Waals surface area contributed by atoms with Crippen molar-refractivity contribution in [2.75, 3.05) is 11.0 Å². The number of anilines is 2. The molecule has 5 nitrogen and oxygen atoms in total. The van der Waals surface area contributed by atoms with Crippen LogP contribution in [0.15, 0.2) is 71.6 Å². The lowest BCUT2D eigenvalue weighted by molar-refractivity contribution is 0.296. The molecule has 4 rings (SSSR count). The summed E-state index contributed by atoms with van der Waals surface area (Å²) in [6, 6.07) is 20.7. The average Bonchev–Trinajstić information content (AvgIpc) is 2.65. The smallest absolute Gasteiger partial charge is 0.0741 e. The van der Waals surface area contributed by atoms with Crippen molar-refractivity contribution in [3.63, 3.8) is 0 Å². The van der Waals surface area contributed by atoms with Gasteiger partial charge < -0.3 is 16.2 Å². The Labute approximate surface area is 154 Å². The van der Waals surface area contributed by atoms with E-state index in [4.69, 9.17) is 15.9 Å². The third-order valence-electron chi connectivity index (χ3n) is 4.20. The van der Waals surface area contributed by atoms with Gasteiger partial charge in [-0.15, -0.1) is 11.8 Å². The van der Waals surface area contributed by atoms with E-state index in [1.165, 1.54) is 0 Å². The summed E-state index contributed by atoms with van der Waals surface area (Å²) in [6.45, 7) is 0. The molecule has 0 atom stereocenters. The van der Waals surface area contributed by atoms with Gasteiger partial charge >= 0.3 is 0 Å². The van der Waals surface area contributed by atoms with Crippen LogP contribution in [0, 0.1) is 5.21 Å². The normalized spacial score (nSPS) is 11.2. The van der Waals surface area contributed by atoms with E-state index in [2.05, 4.69) is 6.07 Å². The first-order valence-corrected chi connectivity index (χ1v) is 9.06. The molecule has 0 aliphatic rings. The number of aromatic nitrogens is 1. The average molecular weight is 362 g/mol. The molecule has 3 aromatic carbocycles. The zero-order valence-corrected chi connectivity index (χ0v) is 14.6. The minimum Gasteiger partial charge on any atom is -0.733 e. The van der Waals surface area contributed by atoms with Crippen molar-refractivity contribution >= 4 is 44.9 Å². The van der Waals surface area contributed by atoms with Crippen LogP contribution in [0.5, 0.6) is 0 Å². The molecule has 0 saturated carbocycles. The van der Waals surface area contributed by atoms with Crippen molar-refractivity contribution in [1.29, 1.82) is 0 Å². The number of benzene rings is 3. The molecule has 3 N–H and O–H groups in total. The molecule has 0 amide bonds. The summed E-state index contributed by atoms with van der Waals surface area (Å²) >= 11 is 1.72. The molecule has 4 aromatic rings. The maximum atomic E-state index is 10.9. The Bertz CT molecular complexity index is 1080. The predicted octanol–water partition coefficient (Wildman–Crippen LogP) is 4.96. The molecule has 26 heavy (non-hydrogen) atoms. The number of pyridine rings is 1. The van der Waals surface area contributed by atoms with Crippen LogP contribution in [0.4, 0.5) is 11.4 Å². The maximum absolute atomic E-state index is 10.9. The summed E-state index contributed by atoms with van der Waals surface area (Å²) in [5.41, 5.74) is 9.71. The van der Waals surface area contributed by atoms with Crippen LogP contribution < -0.4 is 11.0 Å². The van der Waals surface area contributed by atoms with Crippen molar-refractivity contribution in [1.82, 2.24) is 4.98 Å². The van der Waals surface area contributed by atoms with Crippen LogP contribution >= 0.6 is 11.8 Å². The van der Waals surface area contributed by atoms with Gasteiger partial charge in [-0.1, -0.05) is 30.3 Å². The van der Waals surface area contributed by atoms with E-state index in [-0.39, 0.29) is 10.9 Å². The van der Waals surface area contributed by atoms with Gasteiger partial charge in [0, 0.05) is 27.1 Å².